The largest absolute Gasteiger partial charge is 0.497 e. The molecule has 0 aliphatic heterocycles. The monoisotopic (exact) mass is 387 g/mol. The summed E-state index contributed by atoms with van der Waals surface area (Å²) in [4.78, 5) is 24.2. The molecule has 0 aliphatic rings. The van der Waals surface area contributed by atoms with Crippen LogP contribution in [0.3, 0.4) is 0 Å². The minimum absolute atomic E-state index is 0.0168. The number of benzene rings is 2. The fourth-order valence-electron chi connectivity index (χ4n) is 2.29. The van der Waals surface area contributed by atoms with Crippen LogP contribution in [0, 0.1) is 5.82 Å². The lowest BCUT2D eigenvalue weighted by Crippen LogP contribution is -2.26. The van der Waals surface area contributed by atoms with E-state index in [1.54, 1.807) is 37.3 Å². The fraction of sp³-hybridized carbons (Fsp3) is 0.250. The number of methoxy groups -OCH3 is 2. The zero-order valence-electron chi connectivity index (χ0n) is 15.9. The van der Waals surface area contributed by atoms with E-state index in [9.17, 15) is 14.0 Å². The molecule has 0 saturated carbocycles. The van der Waals surface area contributed by atoms with Crippen molar-refractivity contribution in [1.82, 2.24) is 10.7 Å². The van der Waals surface area contributed by atoms with Gasteiger partial charge in [-0.25, -0.2) is 9.82 Å². The summed E-state index contributed by atoms with van der Waals surface area (Å²) in [5.41, 5.74) is 3.93. The molecule has 0 unspecified atom stereocenters. The number of nitrogens with zero attached hydrogens (tertiary/aromatic N) is 1. The van der Waals surface area contributed by atoms with Gasteiger partial charge in [-0.15, -0.1) is 0 Å². The molecule has 2 rings (SSSR count). The molecule has 0 atom stereocenters. The molecule has 7 nitrogen and oxygen atoms in total. The predicted octanol–water partition coefficient (Wildman–Crippen LogP) is 2.66. The smallest absolute Gasteiger partial charge is 0.271 e. The molecule has 0 radical (unpaired) electrons. The third-order valence-electron chi connectivity index (χ3n) is 3.78. The third kappa shape index (κ3) is 6.39. The zero-order chi connectivity index (χ0) is 20.5. The van der Waals surface area contributed by atoms with Crippen molar-refractivity contribution in [3.63, 3.8) is 0 Å². The summed E-state index contributed by atoms with van der Waals surface area (Å²) in [6.45, 7) is 1.91. The van der Waals surface area contributed by atoms with E-state index in [-0.39, 0.29) is 24.7 Å². The number of hydrazone groups is 1. The summed E-state index contributed by atoms with van der Waals surface area (Å²) in [5, 5.41) is 6.65. The minimum atomic E-state index is -0.455. The molecule has 0 bridgehead atoms. The van der Waals surface area contributed by atoms with Gasteiger partial charge < -0.3 is 14.8 Å². The highest BCUT2D eigenvalue weighted by Gasteiger charge is 2.10. The van der Waals surface area contributed by atoms with Gasteiger partial charge in [-0.3, -0.25) is 9.59 Å². The quantitative estimate of drug-likeness (QED) is 0.538. The maximum atomic E-state index is 12.9. The Morgan fingerprint density at radius 3 is 2.21 bits per heavy atom. The maximum Gasteiger partial charge on any atom is 0.271 e. The van der Waals surface area contributed by atoms with Gasteiger partial charge in [0, 0.05) is 23.9 Å². The molecule has 2 N–H and O–H groups in total. The second-order valence-corrected chi connectivity index (χ2v) is 5.97. The number of carbonyl (C=O) groups excluding carboxylic acids is 2. The van der Waals surface area contributed by atoms with Gasteiger partial charge in [0.2, 0.25) is 5.91 Å². The van der Waals surface area contributed by atoms with Crippen molar-refractivity contribution in [1.29, 1.82) is 0 Å². The molecule has 0 fully saturated rings. The van der Waals surface area contributed by atoms with Crippen LogP contribution >= 0.6 is 0 Å². The Bertz CT molecular complexity index is 844. The average molecular weight is 387 g/mol. The Labute approximate surface area is 162 Å². The molecule has 0 heterocycles. The van der Waals surface area contributed by atoms with Crippen LogP contribution in [0.5, 0.6) is 11.5 Å². The van der Waals surface area contributed by atoms with Gasteiger partial charge in [-0.1, -0.05) is 12.1 Å². The number of carbonyl (C=O) groups is 2. The molecule has 0 aliphatic carbocycles. The normalized spacial score (nSPS) is 10.9. The van der Waals surface area contributed by atoms with Crippen molar-refractivity contribution in [3.05, 3.63) is 59.4 Å². The number of nitrogens with one attached hydrogen (secondary N) is 2. The molecule has 8 heteroatoms. The lowest BCUT2D eigenvalue weighted by molar-refractivity contribution is -0.120. The number of amides is 2. The highest BCUT2D eigenvalue weighted by atomic mass is 19.1. The highest BCUT2D eigenvalue weighted by molar-refractivity contribution is 6.01. The molecule has 2 aromatic rings. The van der Waals surface area contributed by atoms with Crippen LogP contribution in [0.1, 0.15) is 29.3 Å². The number of hydrogen-bond acceptors (Lipinski definition) is 5. The van der Waals surface area contributed by atoms with Crippen LogP contribution in [0.15, 0.2) is 47.6 Å². The number of hydrogen-bond donors (Lipinski definition) is 2. The first-order chi connectivity index (χ1) is 13.4. The summed E-state index contributed by atoms with van der Waals surface area (Å²) in [6.07, 6.45) is 0.0168. The standard InChI is InChI=1S/C20H22FN3O4/c1-13(8-19(25)22-12-14-4-6-16(21)7-5-14)23-24-20(26)15-9-17(27-2)11-18(10-15)28-3/h4-7,9-11H,8,12H2,1-3H3,(H,22,25)(H,24,26). The van der Waals surface area contributed by atoms with E-state index in [4.69, 9.17) is 9.47 Å². The molecular formula is C20H22FN3O4. The van der Waals surface area contributed by atoms with Gasteiger partial charge in [0.25, 0.3) is 5.91 Å². The van der Waals surface area contributed by atoms with E-state index in [0.717, 1.165) is 5.56 Å². The van der Waals surface area contributed by atoms with Gasteiger partial charge in [0.15, 0.2) is 0 Å². The van der Waals surface area contributed by atoms with E-state index in [1.165, 1.54) is 26.4 Å². The summed E-state index contributed by atoms with van der Waals surface area (Å²) >= 11 is 0. The van der Waals surface area contributed by atoms with Crippen molar-refractivity contribution in [2.24, 2.45) is 5.10 Å². The van der Waals surface area contributed by atoms with Crippen molar-refractivity contribution in [2.45, 2.75) is 19.9 Å². The molecule has 148 valence electrons. The van der Waals surface area contributed by atoms with Crippen LogP contribution in [0.4, 0.5) is 4.39 Å². The van der Waals surface area contributed by atoms with Gasteiger partial charge in [-0.05, 0) is 36.8 Å². The van der Waals surface area contributed by atoms with E-state index in [1.807, 2.05) is 0 Å². The topological polar surface area (TPSA) is 89.0 Å². The Hall–Kier alpha value is -3.42. The molecule has 0 saturated heterocycles. The number of halogens is 1. The second-order valence-electron chi connectivity index (χ2n) is 5.97. The van der Waals surface area contributed by atoms with E-state index >= 15 is 0 Å². The number of ether oxygens (including phenoxy) is 2. The van der Waals surface area contributed by atoms with Gasteiger partial charge in [0.05, 0.1) is 20.6 Å². The van der Waals surface area contributed by atoms with Gasteiger partial charge in [0.1, 0.15) is 17.3 Å². The van der Waals surface area contributed by atoms with E-state index < -0.39 is 5.91 Å². The molecule has 2 amide bonds. The summed E-state index contributed by atoms with van der Waals surface area (Å²) < 4.78 is 23.1. The van der Waals surface area contributed by atoms with Crippen molar-refractivity contribution < 1.29 is 23.5 Å². The Balaban J connectivity index is 1.88. The lowest BCUT2D eigenvalue weighted by Gasteiger charge is -2.08. The third-order valence-corrected chi connectivity index (χ3v) is 3.78. The summed E-state index contributed by atoms with van der Waals surface area (Å²) in [6, 6.07) is 10.6. The fourth-order valence-corrected chi connectivity index (χ4v) is 2.29. The van der Waals surface area contributed by atoms with Crippen LogP contribution in [0.25, 0.3) is 0 Å². The van der Waals surface area contributed by atoms with Crippen molar-refractivity contribution in [3.8, 4) is 11.5 Å². The molecular weight excluding hydrogens is 365 g/mol. The Kier molecular flexibility index (Phi) is 7.50. The minimum Gasteiger partial charge on any atom is -0.497 e. The van der Waals surface area contributed by atoms with Crippen LogP contribution in [0.2, 0.25) is 0 Å². The first kappa shape index (κ1) is 20.9. The molecule has 2 aromatic carbocycles. The number of rotatable bonds is 8. The zero-order valence-corrected chi connectivity index (χ0v) is 15.9. The van der Waals surface area contributed by atoms with E-state index in [2.05, 4.69) is 15.8 Å². The summed E-state index contributed by atoms with van der Waals surface area (Å²) in [7, 11) is 2.98. The van der Waals surface area contributed by atoms with Crippen LogP contribution < -0.4 is 20.2 Å². The van der Waals surface area contributed by atoms with Gasteiger partial charge >= 0.3 is 0 Å². The average Bonchev–Trinajstić information content (AvgIpc) is 2.71. The predicted molar refractivity (Wildman–Crippen MR) is 103 cm³/mol. The molecule has 28 heavy (non-hydrogen) atoms. The Morgan fingerprint density at radius 1 is 1.04 bits per heavy atom. The van der Waals surface area contributed by atoms with Crippen molar-refractivity contribution >= 4 is 17.5 Å². The first-order valence-corrected chi connectivity index (χ1v) is 8.49. The SMILES string of the molecule is COc1cc(OC)cc(C(=O)NN=C(C)CC(=O)NCc2ccc(F)cc2)c1. The van der Waals surface area contributed by atoms with E-state index in [0.29, 0.717) is 22.8 Å². The Morgan fingerprint density at radius 2 is 1.64 bits per heavy atom. The maximum absolute atomic E-state index is 12.9. The lowest BCUT2D eigenvalue weighted by atomic mass is 10.2. The van der Waals surface area contributed by atoms with Crippen LogP contribution in [-0.4, -0.2) is 31.7 Å². The summed E-state index contributed by atoms with van der Waals surface area (Å²) in [5.74, 6) is -0.0932. The van der Waals surface area contributed by atoms with Crippen LogP contribution in [-0.2, 0) is 11.3 Å². The first-order valence-electron chi connectivity index (χ1n) is 8.49. The van der Waals surface area contributed by atoms with Gasteiger partial charge in [-0.2, -0.15) is 5.10 Å². The van der Waals surface area contributed by atoms with Crippen molar-refractivity contribution in [2.75, 3.05) is 14.2 Å². The molecule has 0 spiro atoms. The molecule has 0 aromatic heterocycles. The second kappa shape index (κ2) is 10.1. The highest BCUT2D eigenvalue weighted by Crippen LogP contribution is 2.22.